The molecule has 90 valence electrons. The molecule has 0 atom stereocenters. The van der Waals surface area contributed by atoms with Crippen molar-refractivity contribution in [1.29, 1.82) is 0 Å². The highest BCUT2D eigenvalue weighted by Crippen LogP contribution is 2.13. The molecular weight excluding hydrogens is 188 g/mol. The molecule has 1 heterocycles. The normalized spacial score (nSPS) is 20.8. The Morgan fingerprint density at radius 3 is 2.33 bits per heavy atom. The van der Waals surface area contributed by atoms with E-state index in [0.29, 0.717) is 6.04 Å². The summed E-state index contributed by atoms with van der Waals surface area (Å²) in [5, 5.41) is 3.68. The van der Waals surface area contributed by atoms with Gasteiger partial charge in [-0.2, -0.15) is 0 Å². The van der Waals surface area contributed by atoms with Gasteiger partial charge in [0.2, 0.25) is 0 Å². The summed E-state index contributed by atoms with van der Waals surface area (Å²) < 4.78 is 5.09. The first-order valence-corrected chi connectivity index (χ1v) is 6.00. The molecule has 0 spiro atoms. The fourth-order valence-corrected chi connectivity index (χ4v) is 2.13. The van der Waals surface area contributed by atoms with Crippen molar-refractivity contribution < 1.29 is 4.74 Å². The van der Waals surface area contributed by atoms with Gasteiger partial charge in [0.1, 0.15) is 0 Å². The third kappa shape index (κ3) is 5.50. The molecule has 0 unspecified atom stereocenters. The molecule has 0 aliphatic carbocycles. The van der Waals surface area contributed by atoms with E-state index in [9.17, 15) is 0 Å². The molecule has 0 aromatic heterocycles. The quantitative estimate of drug-likeness (QED) is 0.767. The molecule has 0 aromatic rings. The first kappa shape index (κ1) is 12.9. The summed E-state index contributed by atoms with van der Waals surface area (Å²) in [4.78, 5) is 2.49. The smallest absolute Gasteiger partial charge is 0.0589 e. The van der Waals surface area contributed by atoms with E-state index in [1.807, 2.05) is 0 Å². The van der Waals surface area contributed by atoms with Crippen molar-refractivity contribution in [3.8, 4) is 0 Å². The van der Waals surface area contributed by atoms with Gasteiger partial charge in [-0.25, -0.2) is 0 Å². The van der Waals surface area contributed by atoms with Gasteiger partial charge in [-0.1, -0.05) is 0 Å². The van der Waals surface area contributed by atoms with E-state index in [2.05, 4.69) is 31.0 Å². The number of ether oxygens (including phenoxy) is 1. The summed E-state index contributed by atoms with van der Waals surface area (Å²) in [7, 11) is 1.77. The Labute approximate surface area is 94.2 Å². The summed E-state index contributed by atoms with van der Waals surface area (Å²) in [5.74, 6) is 0. The second kappa shape index (κ2) is 5.83. The van der Waals surface area contributed by atoms with Gasteiger partial charge in [-0.05, 0) is 46.7 Å². The van der Waals surface area contributed by atoms with E-state index in [0.717, 1.165) is 13.2 Å². The van der Waals surface area contributed by atoms with Crippen LogP contribution in [0.3, 0.4) is 0 Å². The topological polar surface area (TPSA) is 24.5 Å². The molecular formula is C12H26N2O. The minimum atomic E-state index is 0.249. The fourth-order valence-electron chi connectivity index (χ4n) is 2.13. The SMILES string of the molecule is COCCN1CCC(NC(C)(C)C)CC1. The van der Waals surface area contributed by atoms with Crippen LogP contribution in [0.5, 0.6) is 0 Å². The van der Waals surface area contributed by atoms with Gasteiger partial charge in [0.15, 0.2) is 0 Å². The van der Waals surface area contributed by atoms with Crippen molar-refractivity contribution in [2.45, 2.75) is 45.2 Å². The van der Waals surface area contributed by atoms with Gasteiger partial charge in [-0.15, -0.1) is 0 Å². The summed E-state index contributed by atoms with van der Waals surface area (Å²) in [6.07, 6.45) is 2.53. The summed E-state index contributed by atoms with van der Waals surface area (Å²) >= 11 is 0. The zero-order valence-electron chi connectivity index (χ0n) is 10.7. The molecule has 1 aliphatic rings. The standard InChI is InChI=1S/C12H26N2O/c1-12(2,3)13-11-5-7-14(8-6-11)9-10-15-4/h11,13H,5-10H2,1-4H3. The van der Waals surface area contributed by atoms with Crippen molar-refractivity contribution in [1.82, 2.24) is 10.2 Å². The van der Waals surface area contributed by atoms with E-state index in [1.54, 1.807) is 7.11 Å². The fraction of sp³-hybridized carbons (Fsp3) is 1.00. The maximum atomic E-state index is 5.09. The Morgan fingerprint density at radius 2 is 1.87 bits per heavy atom. The van der Waals surface area contributed by atoms with Crippen LogP contribution in [0.4, 0.5) is 0 Å². The Kier molecular flexibility index (Phi) is 5.03. The third-order valence-electron chi connectivity index (χ3n) is 2.84. The average molecular weight is 214 g/mol. The summed E-state index contributed by atoms with van der Waals surface area (Å²) in [6.45, 7) is 11.1. The van der Waals surface area contributed by atoms with Crippen LogP contribution in [0.2, 0.25) is 0 Å². The predicted molar refractivity (Wildman–Crippen MR) is 64.2 cm³/mol. The Hall–Kier alpha value is -0.120. The van der Waals surface area contributed by atoms with Crippen LogP contribution < -0.4 is 5.32 Å². The second-order valence-corrected chi connectivity index (χ2v) is 5.50. The van der Waals surface area contributed by atoms with E-state index < -0.39 is 0 Å². The number of likely N-dealkylation sites (tertiary alicyclic amines) is 1. The van der Waals surface area contributed by atoms with E-state index in [-0.39, 0.29) is 5.54 Å². The lowest BCUT2D eigenvalue weighted by molar-refractivity contribution is 0.121. The van der Waals surface area contributed by atoms with Gasteiger partial charge in [0.05, 0.1) is 6.61 Å². The van der Waals surface area contributed by atoms with Crippen LogP contribution in [0.1, 0.15) is 33.6 Å². The number of nitrogens with one attached hydrogen (secondary N) is 1. The van der Waals surface area contributed by atoms with Crippen LogP contribution in [0, 0.1) is 0 Å². The van der Waals surface area contributed by atoms with E-state index >= 15 is 0 Å². The first-order valence-electron chi connectivity index (χ1n) is 6.00. The molecule has 1 fully saturated rings. The molecule has 0 aromatic carbocycles. The molecule has 1 saturated heterocycles. The summed E-state index contributed by atoms with van der Waals surface area (Å²) in [6, 6.07) is 0.698. The number of nitrogens with zero attached hydrogens (tertiary/aromatic N) is 1. The van der Waals surface area contributed by atoms with E-state index in [1.165, 1.54) is 25.9 Å². The Morgan fingerprint density at radius 1 is 1.27 bits per heavy atom. The highest BCUT2D eigenvalue weighted by molar-refractivity contribution is 4.82. The minimum absolute atomic E-state index is 0.249. The molecule has 0 bridgehead atoms. The van der Waals surface area contributed by atoms with Crippen molar-refractivity contribution in [2.24, 2.45) is 0 Å². The number of piperidine rings is 1. The van der Waals surface area contributed by atoms with Crippen LogP contribution in [0.15, 0.2) is 0 Å². The monoisotopic (exact) mass is 214 g/mol. The molecule has 0 saturated carbocycles. The van der Waals surface area contributed by atoms with E-state index in [4.69, 9.17) is 4.74 Å². The second-order valence-electron chi connectivity index (χ2n) is 5.50. The molecule has 15 heavy (non-hydrogen) atoms. The van der Waals surface area contributed by atoms with Gasteiger partial charge >= 0.3 is 0 Å². The van der Waals surface area contributed by atoms with Crippen molar-refractivity contribution >= 4 is 0 Å². The molecule has 1 N–H and O–H groups in total. The predicted octanol–water partition coefficient (Wildman–Crippen LogP) is 1.49. The lowest BCUT2D eigenvalue weighted by Crippen LogP contribution is -2.49. The number of hydrogen-bond acceptors (Lipinski definition) is 3. The molecule has 1 aliphatic heterocycles. The van der Waals surface area contributed by atoms with Gasteiger partial charge in [-0.3, -0.25) is 0 Å². The van der Waals surface area contributed by atoms with Crippen LogP contribution in [0.25, 0.3) is 0 Å². The summed E-state index contributed by atoms with van der Waals surface area (Å²) in [5.41, 5.74) is 0.249. The highest BCUT2D eigenvalue weighted by Gasteiger charge is 2.22. The van der Waals surface area contributed by atoms with Gasteiger partial charge in [0, 0.05) is 25.2 Å². The lowest BCUT2D eigenvalue weighted by atomic mass is 10.00. The number of rotatable bonds is 4. The van der Waals surface area contributed by atoms with Crippen LogP contribution in [-0.2, 0) is 4.74 Å². The average Bonchev–Trinajstić information content (AvgIpc) is 2.14. The first-order chi connectivity index (χ1) is 7.01. The zero-order chi connectivity index (χ0) is 11.3. The van der Waals surface area contributed by atoms with Gasteiger partial charge in [0.25, 0.3) is 0 Å². The van der Waals surface area contributed by atoms with Crippen LogP contribution >= 0.6 is 0 Å². The van der Waals surface area contributed by atoms with Crippen molar-refractivity contribution in [3.63, 3.8) is 0 Å². The van der Waals surface area contributed by atoms with Crippen molar-refractivity contribution in [3.05, 3.63) is 0 Å². The maximum absolute atomic E-state index is 5.09. The van der Waals surface area contributed by atoms with Crippen LogP contribution in [-0.4, -0.2) is 49.8 Å². The lowest BCUT2D eigenvalue weighted by Gasteiger charge is -2.36. The molecule has 0 amide bonds. The molecule has 1 rings (SSSR count). The Bertz CT molecular complexity index is 169. The zero-order valence-corrected chi connectivity index (χ0v) is 10.7. The maximum Gasteiger partial charge on any atom is 0.0589 e. The number of methoxy groups -OCH3 is 1. The molecule has 3 heteroatoms. The molecule has 0 radical (unpaired) electrons. The number of hydrogen-bond donors (Lipinski definition) is 1. The third-order valence-corrected chi connectivity index (χ3v) is 2.84. The highest BCUT2D eigenvalue weighted by atomic mass is 16.5. The largest absolute Gasteiger partial charge is 0.383 e. The molecule has 3 nitrogen and oxygen atoms in total. The van der Waals surface area contributed by atoms with Gasteiger partial charge < -0.3 is 15.0 Å². The Balaban J connectivity index is 2.18. The minimum Gasteiger partial charge on any atom is -0.383 e. The van der Waals surface area contributed by atoms with Crippen molar-refractivity contribution in [2.75, 3.05) is 33.4 Å².